The van der Waals surface area contributed by atoms with Crippen molar-refractivity contribution in [1.29, 1.82) is 0 Å². The molecular formula is C17H15F2N5O2. The van der Waals surface area contributed by atoms with Crippen molar-refractivity contribution in [2.75, 3.05) is 6.54 Å². The van der Waals surface area contributed by atoms with Gasteiger partial charge in [-0.25, -0.2) is 18.4 Å². The maximum Gasteiger partial charge on any atom is 0.252 e. The average molecular weight is 359 g/mol. The highest BCUT2D eigenvalue weighted by Gasteiger charge is 2.34. The second kappa shape index (κ2) is 7.36. The lowest BCUT2D eigenvalue weighted by atomic mass is 9.92. The predicted molar refractivity (Wildman–Crippen MR) is 86.8 cm³/mol. The van der Waals surface area contributed by atoms with E-state index in [1.165, 1.54) is 29.7 Å². The number of carbonyl (C=O) groups is 1. The molecule has 0 saturated heterocycles. The number of aromatic nitrogens is 4. The molecule has 26 heavy (non-hydrogen) atoms. The van der Waals surface area contributed by atoms with E-state index in [9.17, 15) is 18.7 Å². The molecule has 0 aliphatic rings. The summed E-state index contributed by atoms with van der Waals surface area (Å²) in [4.78, 5) is 19.8. The molecule has 1 unspecified atom stereocenters. The summed E-state index contributed by atoms with van der Waals surface area (Å²) in [6.45, 7) is -0.522. The van der Waals surface area contributed by atoms with Crippen LogP contribution in [0.5, 0.6) is 0 Å². The molecule has 134 valence electrons. The molecule has 0 bridgehead atoms. The lowest BCUT2D eigenvalue weighted by Gasteiger charge is -2.29. The van der Waals surface area contributed by atoms with Crippen LogP contribution in [0, 0.1) is 11.6 Å². The third-order valence-corrected chi connectivity index (χ3v) is 3.79. The van der Waals surface area contributed by atoms with E-state index in [2.05, 4.69) is 20.4 Å². The van der Waals surface area contributed by atoms with Crippen molar-refractivity contribution in [3.63, 3.8) is 0 Å². The normalized spacial score (nSPS) is 13.2. The summed E-state index contributed by atoms with van der Waals surface area (Å²) in [6.07, 6.45) is 5.49. The summed E-state index contributed by atoms with van der Waals surface area (Å²) in [6, 6.07) is 5.99. The zero-order valence-corrected chi connectivity index (χ0v) is 13.5. The number of hydrogen-bond donors (Lipinski definition) is 2. The van der Waals surface area contributed by atoms with Gasteiger partial charge in [0.1, 0.15) is 29.9 Å². The number of amides is 1. The minimum Gasteiger partial charge on any atom is -0.381 e. The van der Waals surface area contributed by atoms with Gasteiger partial charge < -0.3 is 10.4 Å². The van der Waals surface area contributed by atoms with Crippen LogP contribution in [0.25, 0.3) is 0 Å². The zero-order chi connectivity index (χ0) is 18.6. The molecule has 9 heteroatoms. The van der Waals surface area contributed by atoms with Gasteiger partial charge in [-0.2, -0.15) is 5.10 Å². The fourth-order valence-electron chi connectivity index (χ4n) is 2.51. The van der Waals surface area contributed by atoms with E-state index in [0.29, 0.717) is 6.07 Å². The van der Waals surface area contributed by atoms with Gasteiger partial charge in [-0.3, -0.25) is 9.78 Å². The number of halogens is 2. The van der Waals surface area contributed by atoms with E-state index >= 15 is 0 Å². The number of aliphatic hydroxyl groups is 1. The van der Waals surface area contributed by atoms with E-state index in [-0.39, 0.29) is 24.2 Å². The minimum absolute atomic E-state index is 0.166. The number of nitrogens with zero attached hydrogens (tertiary/aromatic N) is 4. The van der Waals surface area contributed by atoms with Gasteiger partial charge in [0.15, 0.2) is 0 Å². The van der Waals surface area contributed by atoms with Crippen LogP contribution in [-0.2, 0) is 12.1 Å². The second-order valence-electron chi connectivity index (χ2n) is 5.67. The number of pyridine rings is 1. The average Bonchev–Trinajstić information content (AvgIpc) is 3.13. The minimum atomic E-state index is -1.87. The first-order valence-corrected chi connectivity index (χ1v) is 7.66. The lowest BCUT2D eigenvalue weighted by molar-refractivity contribution is 0.0120. The van der Waals surface area contributed by atoms with Crippen molar-refractivity contribution >= 4 is 5.91 Å². The fourth-order valence-corrected chi connectivity index (χ4v) is 2.51. The standard InChI is InChI=1S/C17H15F2N5O2/c18-13-3-4-14(15(19)6-13)17(26,9-24-11-21-10-23-24)8-22-16(25)12-2-1-5-20-7-12/h1-7,10-11,26H,8-9H2,(H,22,25). The van der Waals surface area contributed by atoms with Gasteiger partial charge in [-0.15, -0.1) is 0 Å². The Labute approximate surface area is 147 Å². The molecule has 3 aromatic rings. The number of hydrogen-bond acceptors (Lipinski definition) is 5. The van der Waals surface area contributed by atoms with Crippen molar-refractivity contribution in [3.8, 4) is 0 Å². The number of nitrogens with one attached hydrogen (secondary N) is 1. The van der Waals surface area contributed by atoms with Crippen LogP contribution < -0.4 is 5.32 Å². The second-order valence-corrected chi connectivity index (χ2v) is 5.67. The molecule has 3 rings (SSSR count). The highest BCUT2D eigenvalue weighted by atomic mass is 19.1. The Hall–Kier alpha value is -3.20. The molecule has 1 atom stereocenters. The summed E-state index contributed by atoms with van der Waals surface area (Å²) < 4.78 is 28.8. The summed E-state index contributed by atoms with van der Waals surface area (Å²) in [5.41, 5.74) is -1.75. The van der Waals surface area contributed by atoms with Crippen LogP contribution in [0.2, 0.25) is 0 Å². The molecule has 2 N–H and O–H groups in total. The third-order valence-electron chi connectivity index (χ3n) is 3.79. The molecule has 2 aromatic heterocycles. The van der Waals surface area contributed by atoms with Crippen molar-refractivity contribution in [2.24, 2.45) is 0 Å². The van der Waals surface area contributed by atoms with Crippen LogP contribution in [0.3, 0.4) is 0 Å². The summed E-state index contributed by atoms with van der Waals surface area (Å²) >= 11 is 0. The van der Waals surface area contributed by atoms with Gasteiger partial charge in [0.25, 0.3) is 5.91 Å². The monoisotopic (exact) mass is 359 g/mol. The van der Waals surface area contributed by atoms with Crippen LogP contribution in [0.15, 0.2) is 55.4 Å². The van der Waals surface area contributed by atoms with Crippen molar-refractivity contribution in [3.05, 3.63) is 78.1 Å². The van der Waals surface area contributed by atoms with Crippen molar-refractivity contribution in [2.45, 2.75) is 12.1 Å². The van der Waals surface area contributed by atoms with E-state index in [1.807, 2.05) is 0 Å². The third kappa shape index (κ3) is 3.89. The van der Waals surface area contributed by atoms with E-state index in [1.54, 1.807) is 12.1 Å². The Morgan fingerprint density at radius 2 is 2.12 bits per heavy atom. The topological polar surface area (TPSA) is 92.9 Å². The highest BCUT2D eigenvalue weighted by Crippen LogP contribution is 2.26. The molecule has 7 nitrogen and oxygen atoms in total. The highest BCUT2D eigenvalue weighted by molar-refractivity contribution is 5.93. The summed E-state index contributed by atoms with van der Waals surface area (Å²) in [5.74, 6) is -2.19. The van der Waals surface area contributed by atoms with Gasteiger partial charge in [0.05, 0.1) is 18.7 Å². The summed E-state index contributed by atoms with van der Waals surface area (Å²) in [5, 5.41) is 17.5. The predicted octanol–water partition coefficient (Wildman–Crippen LogP) is 1.27. The maximum absolute atomic E-state index is 14.3. The molecular weight excluding hydrogens is 344 g/mol. The number of carbonyl (C=O) groups excluding carboxylic acids is 1. The molecule has 0 aliphatic carbocycles. The molecule has 1 amide bonds. The first-order valence-electron chi connectivity index (χ1n) is 7.66. The van der Waals surface area contributed by atoms with Gasteiger partial charge in [0.2, 0.25) is 0 Å². The quantitative estimate of drug-likeness (QED) is 0.691. The van der Waals surface area contributed by atoms with Gasteiger partial charge in [-0.05, 0) is 18.2 Å². The van der Waals surface area contributed by atoms with Crippen LogP contribution in [0.4, 0.5) is 8.78 Å². The largest absolute Gasteiger partial charge is 0.381 e. The fraction of sp³-hybridized carbons (Fsp3) is 0.176. The Morgan fingerprint density at radius 1 is 1.27 bits per heavy atom. The van der Waals surface area contributed by atoms with E-state index in [4.69, 9.17) is 0 Å². The van der Waals surface area contributed by atoms with Gasteiger partial charge in [-0.1, -0.05) is 6.07 Å². The van der Waals surface area contributed by atoms with Crippen LogP contribution in [0.1, 0.15) is 15.9 Å². The Bertz CT molecular complexity index is 889. The number of benzene rings is 1. The van der Waals surface area contributed by atoms with Crippen LogP contribution >= 0.6 is 0 Å². The molecule has 0 spiro atoms. The van der Waals surface area contributed by atoms with Crippen molar-refractivity contribution < 1.29 is 18.7 Å². The van der Waals surface area contributed by atoms with Gasteiger partial charge in [0, 0.05) is 24.0 Å². The molecule has 0 radical (unpaired) electrons. The SMILES string of the molecule is O=C(NCC(O)(Cn1cncn1)c1ccc(F)cc1F)c1cccnc1. The molecule has 0 aliphatic heterocycles. The van der Waals surface area contributed by atoms with Crippen LogP contribution in [-0.4, -0.2) is 37.3 Å². The number of rotatable bonds is 6. The maximum atomic E-state index is 14.3. The molecule has 0 saturated carbocycles. The van der Waals surface area contributed by atoms with Crippen molar-refractivity contribution in [1.82, 2.24) is 25.1 Å². The lowest BCUT2D eigenvalue weighted by Crippen LogP contribution is -2.44. The Morgan fingerprint density at radius 3 is 2.77 bits per heavy atom. The summed E-state index contributed by atoms with van der Waals surface area (Å²) in [7, 11) is 0. The smallest absolute Gasteiger partial charge is 0.252 e. The first-order chi connectivity index (χ1) is 12.5. The molecule has 2 heterocycles. The first kappa shape index (κ1) is 17.6. The van der Waals surface area contributed by atoms with E-state index < -0.39 is 23.1 Å². The van der Waals surface area contributed by atoms with Gasteiger partial charge >= 0.3 is 0 Å². The Kier molecular flexibility index (Phi) is 4.99. The zero-order valence-electron chi connectivity index (χ0n) is 13.5. The van der Waals surface area contributed by atoms with E-state index in [0.717, 1.165) is 12.1 Å². The molecule has 0 fully saturated rings. The Balaban J connectivity index is 1.86. The molecule has 1 aromatic carbocycles.